The molecule has 2 N–H and O–H groups in total. The first-order valence-corrected chi connectivity index (χ1v) is 11.7. The van der Waals surface area contributed by atoms with Crippen LogP contribution >= 0.6 is 0 Å². The second-order valence-electron chi connectivity index (χ2n) is 7.33. The molecule has 33 heavy (non-hydrogen) atoms. The van der Waals surface area contributed by atoms with Crippen LogP contribution in [0.25, 0.3) is 0 Å². The van der Waals surface area contributed by atoms with Gasteiger partial charge in [0.15, 0.2) is 11.9 Å². The van der Waals surface area contributed by atoms with E-state index in [1.165, 1.54) is 42.4 Å². The smallest absolute Gasteiger partial charge is 0.279 e. The summed E-state index contributed by atoms with van der Waals surface area (Å²) in [5.41, 5.74) is 5.10. The first-order valence-electron chi connectivity index (χ1n) is 10.2. The highest BCUT2D eigenvalue weighted by molar-refractivity contribution is 7.89. The second-order valence-corrected chi connectivity index (χ2v) is 9.27. The predicted molar refractivity (Wildman–Crippen MR) is 118 cm³/mol. The summed E-state index contributed by atoms with van der Waals surface area (Å²) in [5.74, 6) is -0.997. The van der Waals surface area contributed by atoms with Gasteiger partial charge in [-0.3, -0.25) is 25.2 Å². The minimum absolute atomic E-state index is 0.0194. The zero-order valence-electron chi connectivity index (χ0n) is 18.2. The number of carbonyl (C=O) groups is 3. The Bertz CT molecular complexity index is 1130. The molecule has 176 valence electrons. The predicted octanol–water partition coefficient (Wildman–Crippen LogP) is 1.14. The Labute approximate surface area is 191 Å². The fourth-order valence-corrected chi connectivity index (χ4v) is 4.51. The Morgan fingerprint density at radius 3 is 2.30 bits per heavy atom. The van der Waals surface area contributed by atoms with Gasteiger partial charge in [-0.1, -0.05) is 6.07 Å². The van der Waals surface area contributed by atoms with Crippen molar-refractivity contribution >= 4 is 27.6 Å². The molecule has 0 saturated carbocycles. The molecule has 0 aromatic heterocycles. The van der Waals surface area contributed by atoms with Crippen LogP contribution in [-0.4, -0.2) is 62.7 Å². The topological polar surface area (TPSA) is 131 Å². The maximum absolute atomic E-state index is 12.8. The lowest BCUT2D eigenvalue weighted by molar-refractivity contribution is -0.128. The van der Waals surface area contributed by atoms with E-state index in [9.17, 15) is 22.8 Å². The summed E-state index contributed by atoms with van der Waals surface area (Å²) in [4.78, 5) is 36.0. The third-order valence-electron chi connectivity index (χ3n) is 4.95. The lowest BCUT2D eigenvalue weighted by Crippen LogP contribution is -2.47. The molecule has 0 radical (unpaired) electrons. The van der Waals surface area contributed by atoms with Gasteiger partial charge in [-0.25, -0.2) is 8.42 Å². The van der Waals surface area contributed by atoms with Crippen LogP contribution in [0.3, 0.4) is 0 Å². The Morgan fingerprint density at radius 2 is 1.67 bits per heavy atom. The van der Waals surface area contributed by atoms with Crippen molar-refractivity contribution in [2.45, 2.75) is 24.8 Å². The van der Waals surface area contributed by atoms with Gasteiger partial charge in [-0.15, -0.1) is 0 Å². The number of hydrogen-bond donors (Lipinski definition) is 2. The van der Waals surface area contributed by atoms with Gasteiger partial charge in [0.05, 0.1) is 18.1 Å². The number of amides is 2. The standard InChI is InChI=1S/C22H25N3O7S/c1-15(26)17-6-8-19(9-7-17)32-16(2)21(27)23-24-22(28)18-4-3-5-20(14-18)33(29,30)25-10-12-31-13-11-25/h3-9,14,16H,10-13H2,1-2H3,(H,23,27)(H,24,28). The van der Waals surface area contributed by atoms with Crippen molar-refractivity contribution in [1.29, 1.82) is 0 Å². The molecule has 2 aromatic carbocycles. The van der Waals surface area contributed by atoms with E-state index < -0.39 is 27.9 Å². The van der Waals surface area contributed by atoms with Crippen molar-refractivity contribution in [3.63, 3.8) is 0 Å². The summed E-state index contributed by atoms with van der Waals surface area (Å²) in [6.45, 7) is 4.05. The van der Waals surface area contributed by atoms with Crippen molar-refractivity contribution in [3.8, 4) is 5.75 Å². The van der Waals surface area contributed by atoms with Crippen LogP contribution in [0.5, 0.6) is 5.75 Å². The van der Waals surface area contributed by atoms with E-state index >= 15 is 0 Å². The molecule has 2 amide bonds. The van der Waals surface area contributed by atoms with Crippen LogP contribution in [0.1, 0.15) is 34.6 Å². The van der Waals surface area contributed by atoms with Crippen molar-refractivity contribution in [3.05, 3.63) is 59.7 Å². The van der Waals surface area contributed by atoms with Gasteiger partial charge < -0.3 is 9.47 Å². The molecule has 0 spiro atoms. The number of Topliss-reactive ketones (excluding diaryl/α,β-unsaturated/α-hetero) is 1. The van der Waals surface area contributed by atoms with Crippen LogP contribution in [0.4, 0.5) is 0 Å². The lowest BCUT2D eigenvalue weighted by atomic mass is 10.1. The van der Waals surface area contributed by atoms with Crippen LogP contribution in [0, 0.1) is 0 Å². The van der Waals surface area contributed by atoms with Gasteiger partial charge in [0.25, 0.3) is 11.8 Å². The van der Waals surface area contributed by atoms with Gasteiger partial charge in [-0.05, 0) is 56.3 Å². The summed E-state index contributed by atoms with van der Waals surface area (Å²) in [5, 5.41) is 0. The molecule has 3 rings (SSSR count). The van der Waals surface area contributed by atoms with Crippen molar-refractivity contribution in [1.82, 2.24) is 15.2 Å². The van der Waals surface area contributed by atoms with E-state index in [1.807, 2.05) is 0 Å². The summed E-state index contributed by atoms with van der Waals surface area (Å²) in [6.07, 6.45) is -0.943. The minimum Gasteiger partial charge on any atom is -0.481 e. The fraction of sp³-hybridized carbons (Fsp3) is 0.318. The normalized spacial score (nSPS) is 15.3. The monoisotopic (exact) mass is 475 g/mol. The molecule has 1 heterocycles. The van der Waals surface area contributed by atoms with E-state index in [0.29, 0.717) is 24.5 Å². The van der Waals surface area contributed by atoms with E-state index in [2.05, 4.69) is 10.9 Å². The zero-order chi connectivity index (χ0) is 24.0. The maximum atomic E-state index is 12.8. The van der Waals surface area contributed by atoms with Gasteiger partial charge in [-0.2, -0.15) is 4.31 Å². The molecule has 1 aliphatic rings. The summed E-state index contributed by atoms with van der Waals surface area (Å²) in [7, 11) is -3.76. The Balaban J connectivity index is 1.58. The second kappa shape index (κ2) is 10.6. The summed E-state index contributed by atoms with van der Waals surface area (Å²) < 4.78 is 37.6. The number of morpholine rings is 1. The van der Waals surface area contributed by atoms with E-state index in [0.717, 1.165) is 0 Å². The molecular weight excluding hydrogens is 450 g/mol. The maximum Gasteiger partial charge on any atom is 0.279 e. The number of carbonyl (C=O) groups excluding carboxylic acids is 3. The third-order valence-corrected chi connectivity index (χ3v) is 6.84. The molecule has 1 atom stereocenters. The van der Waals surface area contributed by atoms with E-state index in [-0.39, 0.29) is 29.3 Å². The molecule has 0 bridgehead atoms. The van der Waals surface area contributed by atoms with Gasteiger partial charge in [0, 0.05) is 24.2 Å². The molecule has 2 aromatic rings. The average molecular weight is 476 g/mol. The highest BCUT2D eigenvalue weighted by atomic mass is 32.2. The average Bonchev–Trinajstić information content (AvgIpc) is 2.83. The van der Waals surface area contributed by atoms with Gasteiger partial charge >= 0.3 is 0 Å². The summed E-state index contributed by atoms with van der Waals surface area (Å²) >= 11 is 0. The minimum atomic E-state index is -3.76. The molecular formula is C22H25N3O7S. The number of hydrazine groups is 1. The van der Waals surface area contributed by atoms with Crippen LogP contribution in [0.15, 0.2) is 53.4 Å². The van der Waals surface area contributed by atoms with Gasteiger partial charge in [0.1, 0.15) is 5.75 Å². The number of ether oxygens (including phenoxy) is 2. The largest absolute Gasteiger partial charge is 0.481 e. The third kappa shape index (κ3) is 6.15. The Morgan fingerprint density at radius 1 is 1.00 bits per heavy atom. The van der Waals surface area contributed by atoms with Crippen molar-refractivity contribution in [2.24, 2.45) is 0 Å². The van der Waals surface area contributed by atoms with E-state index in [4.69, 9.17) is 9.47 Å². The highest BCUT2D eigenvalue weighted by Gasteiger charge is 2.27. The number of ketones is 1. The molecule has 1 fully saturated rings. The number of nitrogens with zero attached hydrogens (tertiary/aromatic N) is 1. The number of benzene rings is 2. The fourth-order valence-electron chi connectivity index (χ4n) is 3.05. The quantitative estimate of drug-likeness (QED) is 0.453. The number of sulfonamides is 1. The number of nitrogens with one attached hydrogen (secondary N) is 2. The first kappa shape index (κ1) is 24.4. The summed E-state index contributed by atoms with van der Waals surface area (Å²) in [6, 6.07) is 11.9. The Kier molecular flexibility index (Phi) is 7.79. The highest BCUT2D eigenvalue weighted by Crippen LogP contribution is 2.18. The van der Waals surface area contributed by atoms with Crippen molar-refractivity contribution in [2.75, 3.05) is 26.3 Å². The van der Waals surface area contributed by atoms with Crippen molar-refractivity contribution < 1.29 is 32.3 Å². The number of rotatable bonds is 7. The van der Waals surface area contributed by atoms with Crippen LogP contribution in [0.2, 0.25) is 0 Å². The number of hydrogen-bond acceptors (Lipinski definition) is 7. The first-order chi connectivity index (χ1) is 15.7. The van der Waals surface area contributed by atoms with Crippen LogP contribution < -0.4 is 15.6 Å². The molecule has 1 unspecified atom stereocenters. The lowest BCUT2D eigenvalue weighted by Gasteiger charge is -2.26. The molecule has 11 heteroatoms. The molecule has 0 aliphatic carbocycles. The molecule has 10 nitrogen and oxygen atoms in total. The molecule has 1 aliphatic heterocycles. The molecule has 1 saturated heterocycles. The van der Waals surface area contributed by atoms with Crippen LogP contribution in [-0.2, 0) is 19.6 Å². The van der Waals surface area contributed by atoms with Gasteiger partial charge in [0.2, 0.25) is 10.0 Å². The van der Waals surface area contributed by atoms with E-state index in [1.54, 1.807) is 24.3 Å². The SMILES string of the molecule is CC(=O)c1ccc(OC(C)C(=O)NNC(=O)c2cccc(S(=O)(=O)N3CCOCC3)c2)cc1. The Hall–Kier alpha value is -3.28. The zero-order valence-corrected chi connectivity index (χ0v) is 19.1.